The molecule has 1 unspecified atom stereocenters. The van der Waals surface area contributed by atoms with Crippen LogP contribution in [-0.4, -0.2) is 37.8 Å². The summed E-state index contributed by atoms with van der Waals surface area (Å²) < 4.78 is 7.98. The number of thiophene rings is 1. The topological polar surface area (TPSA) is 56.8 Å². The average Bonchev–Trinajstić information content (AvgIpc) is 3.17. The molecule has 0 bridgehead atoms. The number of quaternary nitrogens is 1. The number of hydrogen-bond acceptors (Lipinski definition) is 5. The number of ether oxygens (including phenoxy) is 1. The van der Waals surface area contributed by atoms with Crippen molar-refractivity contribution in [1.29, 1.82) is 0 Å². The Labute approximate surface area is 163 Å². The van der Waals surface area contributed by atoms with Gasteiger partial charge in [0.05, 0.1) is 30.2 Å². The molecule has 27 heavy (non-hydrogen) atoms. The minimum absolute atomic E-state index is 0.140. The minimum Gasteiger partial charge on any atom is -0.370 e. The van der Waals surface area contributed by atoms with Gasteiger partial charge in [0.1, 0.15) is 17.2 Å². The number of rotatable bonds is 2. The zero-order valence-corrected chi connectivity index (χ0v) is 17.4. The molecule has 7 heteroatoms. The van der Waals surface area contributed by atoms with E-state index in [1.807, 2.05) is 11.4 Å². The number of piperidine rings is 1. The highest BCUT2D eigenvalue weighted by atomic mass is 32.1. The number of aromatic nitrogens is 4. The van der Waals surface area contributed by atoms with Crippen LogP contribution in [0.5, 0.6) is 0 Å². The van der Waals surface area contributed by atoms with Gasteiger partial charge in [-0.15, -0.1) is 16.4 Å². The molecular formula is C20H28N5OS+. The van der Waals surface area contributed by atoms with Crippen molar-refractivity contribution < 1.29 is 9.64 Å². The zero-order valence-electron chi connectivity index (χ0n) is 16.6. The number of fused-ring (bicyclic) bond motifs is 5. The third kappa shape index (κ3) is 2.96. The maximum Gasteiger partial charge on any atom is 0.206 e. The largest absolute Gasteiger partial charge is 0.370 e. The molecule has 5 rings (SSSR count). The molecule has 0 spiro atoms. The molecule has 3 aromatic rings. The third-order valence-corrected chi connectivity index (χ3v) is 7.28. The first-order valence-corrected chi connectivity index (χ1v) is 10.9. The molecule has 6 nitrogen and oxygen atoms in total. The summed E-state index contributed by atoms with van der Waals surface area (Å²) in [6.45, 7) is 11.5. The number of nitrogens with zero attached hydrogens (tertiary/aromatic N) is 4. The van der Waals surface area contributed by atoms with Crippen molar-refractivity contribution in [1.82, 2.24) is 19.6 Å². The molecule has 3 aromatic heterocycles. The first-order chi connectivity index (χ1) is 12.9. The van der Waals surface area contributed by atoms with E-state index in [1.165, 1.54) is 41.6 Å². The molecule has 1 saturated heterocycles. The Kier molecular flexibility index (Phi) is 4.04. The van der Waals surface area contributed by atoms with Crippen LogP contribution < -0.4 is 4.90 Å². The maximum absolute atomic E-state index is 6.02. The number of aryl methyl sites for hydroxylation is 1. The van der Waals surface area contributed by atoms with Gasteiger partial charge in [0.25, 0.3) is 0 Å². The van der Waals surface area contributed by atoms with Gasteiger partial charge >= 0.3 is 0 Å². The Balaban J connectivity index is 1.62. The summed E-state index contributed by atoms with van der Waals surface area (Å²) in [7, 11) is 0. The van der Waals surface area contributed by atoms with Crippen molar-refractivity contribution in [2.24, 2.45) is 0 Å². The average molecular weight is 387 g/mol. The Morgan fingerprint density at radius 3 is 2.96 bits per heavy atom. The number of nitrogens with one attached hydrogen (secondary N) is 1. The molecule has 1 fully saturated rings. The second-order valence-electron chi connectivity index (χ2n) is 8.81. The van der Waals surface area contributed by atoms with Gasteiger partial charge in [-0.05, 0) is 52.5 Å². The zero-order chi connectivity index (χ0) is 18.8. The van der Waals surface area contributed by atoms with E-state index >= 15 is 0 Å². The molecule has 0 aromatic carbocycles. The van der Waals surface area contributed by atoms with Crippen LogP contribution in [0, 0.1) is 6.92 Å². The molecule has 2 atom stereocenters. The summed E-state index contributed by atoms with van der Waals surface area (Å²) in [6, 6.07) is 0.691. The highest BCUT2D eigenvalue weighted by Crippen LogP contribution is 2.39. The van der Waals surface area contributed by atoms with Gasteiger partial charge in [0.15, 0.2) is 5.65 Å². The van der Waals surface area contributed by atoms with Crippen LogP contribution in [0.25, 0.3) is 15.9 Å². The molecule has 0 saturated carbocycles. The van der Waals surface area contributed by atoms with Crippen LogP contribution in [0.15, 0.2) is 0 Å². The fraction of sp³-hybridized carbons (Fsp3) is 0.650. The standard InChI is InChI=1S/C20H27N5OS/c1-12-7-5-6-8-24(12)10-16-22-18-17-14-9-20(3,4)26-11-15(14)27-19(17)21-13(2)25(18)23-16/h12H,5-11H2,1-4H3/p+1/t12-/m1/s1. The highest BCUT2D eigenvalue weighted by Gasteiger charge is 2.31. The maximum atomic E-state index is 6.02. The summed E-state index contributed by atoms with van der Waals surface area (Å²) >= 11 is 1.75. The molecule has 2 aliphatic rings. The van der Waals surface area contributed by atoms with Crippen LogP contribution in [0.2, 0.25) is 0 Å². The van der Waals surface area contributed by atoms with Gasteiger partial charge in [-0.2, -0.15) is 4.52 Å². The van der Waals surface area contributed by atoms with Crippen LogP contribution >= 0.6 is 11.3 Å². The monoisotopic (exact) mass is 386 g/mol. The van der Waals surface area contributed by atoms with E-state index in [-0.39, 0.29) is 5.60 Å². The van der Waals surface area contributed by atoms with Gasteiger partial charge in [0.2, 0.25) is 5.82 Å². The van der Waals surface area contributed by atoms with Gasteiger partial charge in [-0.25, -0.2) is 9.97 Å². The fourth-order valence-corrected chi connectivity index (χ4v) is 5.72. The lowest BCUT2D eigenvalue weighted by Crippen LogP contribution is -3.15. The lowest BCUT2D eigenvalue weighted by molar-refractivity contribution is -0.942. The van der Waals surface area contributed by atoms with Crippen molar-refractivity contribution in [3.63, 3.8) is 0 Å². The lowest BCUT2D eigenvalue weighted by Gasteiger charge is -2.30. The Hall–Kier alpha value is -1.57. The van der Waals surface area contributed by atoms with E-state index in [4.69, 9.17) is 19.8 Å². The van der Waals surface area contributed by atoms with Crippen molar-refractivity contribution in [3.8, 4) is 0 Å². The minimum atomic E-state index is -0.140. The van der Waals surface area contributed by atoms with E-state index in [9.17, 15) is 0 Å². The molecule has 5 heterocycles. The summed E-state index contributed by atoms with van der Waals surface area (Å²) in [5.74, 6) is 1.86. The molecule has 144 valence electrons. The Morgan fingerprint density at radius 2 is 2.15 bits per heavy atom. The van der Waals surface area contributed by atoms with Crippen LogP contribution in [-0.2, 0) is 24.3 Å². The van der Waals surface area contributed by atoms with Crippen molar-refractivity contribution in [2.75, 3.05) is 6.54 Å². The smallest absolute Gasteiger partial charge is 0.206 e. The van der Waals surface area contributed by atoms with E-state index < -0.39 is 0 Å². The molecule has 0 aliphatic carbocycles. The second-order valence-corrected chi connectivity index (χ2v) is 9.90. The summed E-state index contributed by atoms with van der Waals surface area (Å²) in [4.78, 5) is 13.8. The van der Waals surface area contributed by atoms with Gasteiger partial charge < -0.3 is 9.64 Å². The summed E-state index contributed by atoms with van der Waals surface area (Å²) in [6.07, 6.45) is 4.87. The molecule has 0 radical (unpaired) electrons. The molecule has 0 amide bonds. The van der Waals surface area contributed by atoms with Crippen LogP contribution in [0.1, 0.15) is 62.1 Å². The van der Waals surface area contributed by atoms with E-state index in [0.29, 0.717) is 12.6 Å². The predicted octanol–water partition coefficient (Wildman–Crippen LogP) is 2.46. The van der Waals surface area contributed by atoms with Crippen LogP contribution in [0.4, 0.5) is 0 Å². The second kappa shape index (κ2) is 6.22. The highest BCUT2D eigenvalue weighted by molar-refractivity contribution is 7.19. The lowest BCUT2D eigenvalue weighted by atomic mass is 9.94. The van der Waals surface area contributed by atoms with E-state index in [2.05, 4.69) is 20.8 Å². The van der Waals surface area contributed by atoms with Crippen molar-refractivity contribution in [3.05, 3.63) is 22.1 Å². The molecular weight excluding hydrogens is 358 g/mol. The first kappa shape index (κ1) is 17.5. The Bertz CT molecular complexity index is 1020. The number of likely N-dealkylation sites (tertiary alicyclic amines) is 1. The fourth-order valence-electron chi connectivity index (χ4n) is 4.58. The van der Waals surface area contributed by atoms with Crippen molar-refractivity contribution >= 4 is 27.2 Å². The van der Waals surface area contributed by atoms with Gasteiger partial charge in [-0.1, -0.05) is 0 Å². The first-order valence-electron chi connectivity index (χ1n) is 10.1. The normalized spacial score (nSPS) is 25.2. The van der Waals surface area contributed by atoms with Crippen LogP contribution in [0.3, 0.4) is 0 Å². The SMILES string of the molecule is Cc1nc2sc3c(c2c2nc(C[NH+]4CCCC[C@H]4C)nn12)CC(C)(C)OC3. The van der Waals surface area contributed by atoms with E-state index in [0.717, 1.165) is 35.1 Å². The quantitative estimate of drug-likeness (QED) is 0.735. The predicted molar refractivity (Wildman–Crippen MR) is 106 cm³/mol. The summed E-state index contributed by atoms with van der Waals surface area (Å²) in [5.41, 5.74) is 2.20. The molecule has 1 N–H and O–H groups in total. The number of hydrogen-bond donors (Lipinski definition) is 1. The summed E-state index contributed by atoms with van der Waals surface area (Å²) in [5, 5.41) is 6.04. The van der Waals surface area contributed by atoms with Gasteiger partial charge in [-0.3, -0.25) is 0 Å². The van der Waals surface area contributed by atoms with Gasteiger partial charge in [0, 0.05) is 11.3 Å². The third-order valence-electron chi connectivity index (χ3n) is 6.18. The Morgan fingerprint density at radius 1 is 1.30 bits per heavy atom. The van der Waals surface area contributed by atoms with Crippen molar-refractivity contribution in [2.45, 2.75) is 78.2 Å². The van der Waals surface area contributed by atoms with E-state index in [1.54, 1.807) is 16.2 Å². The molecule has 2 aliphatic heterocycles.